The Morgan fingerprint density at radius 3 is 2.55 bits per heavy atom. The van der Waals surface area contributed by atoms with E-state index in [4.69, 9.17) is 5.73 Å². The predicted octanol–water partition coefficient (Wildman–Crippen LogP) is 2.45. The second-order valence-electron chi connectivity index (χ2n) is 7.13. The van der Waals surface area contributed by atoms with Gasteiger partial charge in [-0.15, -0.1) is 0 Å². The highest BCUT2D eigenvalue weighted by molar-refractivity contribution is 4.98. The van der Waals surface area contributed by atoms with Crippen molar-refractivity contribution in [2.45, 2.75) is 76.4 Å². The molecule has 3 aliphatic rings. The molecular formula is C17H33N3. The highest BCUT2D eigenvalue weighted by Gasteiger charge is 2.42. The van der Waals surface area contributed by atoms with Crippen molar-refractivity contribution in [1.29, 1.82) is 0 Å². The average molecular weight is 279 g/mol. The molecule has 3 fully saturated rings. The van der Waals surface area contributed by atoms with Gasteiger partial charge in [-0.1, -0.05) is 26.2 Å². The summed E-state index contributed by atoms with van der Waals surface area (Å²) in [4.78, 5) is 5.64. The molecule has 1 saturated carbocycles. The van der Waals surface area contributed by atoms with Crippen molar-refractivity contribution in [3.05, 3.63) is 0 Å². The van der Waals surface area contributed by atoms with Gasteiger partial charge in [0.2, 0.25) is 0 Å². The van der Waals surface area contributed by atoms with Crippen LogP contribution in [0.4, 0.5) is 0 Å². The predicted molar refractivity (Wildman–Crippen MR) is 84.8 cm³/mol. The summed E-state index contributed by atoms with van der Waals surface area (Å²) in [6, 6.07) is 2.44. The summed E-state index contributed by atoms with van der Waals surface area (Å²) in [5.74, 6) is 0.751. The Kier molecular flexibility index (Phi) is 5.00. The molecule has 0 aromatic carbocycles. The molecule has 0 aromatic rings. The van der Waals surface area contributed by atoms with Crippen LogP contribution in [0.25, 0.3) is 0 Å². The fourth-order valence-corrected chi connectivity index (χ4v) is 5.22. The van der Waals surface area contributed by atoms with Crippen molar-refractivity contribution in [1.82, 2.24) is 9.80 Å². The second kappa shape index (κ2) is 6.76. The molecule has 0 amide bonds. The normalized spacial score (nSPS) is 39.1. The van der Waals surface area contributed by atoms with Crippen molar-refractivity contribution in [2.24, 2.45) is 11.7 Å². The zero-order valence-electron chi connectivity index (χ0n) is 13.3. The first-order valence-electron chi connectivity index (χ1n) is 9.05. The van der Waals surface area contributed by atoms with E-state index in [1.165, 1.54) is 71.0 Å². The van der Waals surface area contributed by atoms with E-state index < -0.39 is 0 Å². The lowest BCUT2D eigenvalue weighted by Crippen LogP contribution is -2.54. The Hall–Kier alpha value is -0.120. The minimum Gasteiger partial charge on any atom is -0.330 e. The number of fused-ring (bicyclic) bond motifs is 1. The largest absolute Gasteiger partial charge is 0.330 e. The molecule has 0 bridgehead atoms. The van der Waals surface area contributed by atoms with Crippen molar-refractivity contribution in [3.63, 3.8) is 0 Å². The maximum atomic E-state index is 6.08. The number of likely N-dealkylation sites (N-methyl/N-ethyl adjacent to an activating group) is 1. The smallest absolute Gasteiger partial charge is 0.0266 e. The average Bonchev–Trinajstić information content (AvgIpc) is 2.93. The molecule has 4 unspecified atom stereocenters. The van der Waals surface area contributed by atoms with E-state index in [1.54, 1.807) is 0 Å². The molecule has 20 heavy (non-hydrogen) atoms. The zero-order chi connectivity index (χ0) is 13.9. The van der Waals surface area contributed by atoms with Crippen LogP contribution in [0, 0.1) is 5.92 Å². The van der Waals surface area contributed by atoms with Gasteiger partial charge in [0.1, 0.15) is 0 Å². The lowest BCUT2D eigenvalue weighted by atomic mass is 9.82. The summed E-state index contributed by atoms with van der Waals surface area (Å²) in [6.45, 7) is 7.17. The molecule has 0 radical (unpaired) electrons. The summed E-state index contributed by atoms with van der Waals surface area (Å²) in [7, 11) is 0. The first-order chi connectivity index (χ1) is 9.85. The van der Waals surface area contributed by atoms with Gasteiger partial charge in [-0.25, -0.2) is 0 Å². The van der Waals surface area contributed by atoms with Gasteiger partial charge in [0.05, 0.1) is 0 Å². The fourth-order valence-electron chi connectivity index (χ4n) is 5.22. The van der Waals surface area contributed by atoms with Crippen molar-refractivity contribution < 1.29 is 0 Å². The zero-order valence-corrected chi connectivity index (χ0v) is 13.3. The minimum atomic E-state index is 0.751. The maximum Gasteiger partial charge on any atom is 0.0266 e. The van der Waals surface area contributed by atoms with Crippen LogP contribution in [0.2, 0.25) is 0 Å². The van der Waals surface area contributed by atoms with Crippen molar-refractivity contribution >= 4 is 0 Å². The number of rotatable bonds is 4. The molecule has 0 spiro atoms. The molecule has 116 valence electrons. The Morgan fingerprint density at radius 1 is 0.950 bits per heavy atom. The topological polar surface area (TPSA) is 32.5 Å². The molecular weight excluding hydrogens is 246 g/mol. The molecule has 0 aromatic heterocycles. The molecule has 3 heteroatoms. The van der Waals surface area contributed by atoms with Crippen LogP contribution in [0.3, 0.4) is 0 Å². The molecule has 3 nitrogen and oxygen atoms in total. The number of piperidine rings is 1. The molecule has 2 saturated heterocycles. The Balaban J connectivity index is 1.71. The van der Waals surface area contributed by atoms with E-state index >= 15 is 0 Å². The SMILES string of the molecule is CCN(C1CCCCC1CN)C1CCN2CCCCC12. The van der Waals surface area contributed by atoms with Crippen LogP contribution in [-0.2, 0) is 0 Å². The third-order valence-corrected chi connectivity index (χ3v) is 6.21. The first-order valence-corrected chi connectivity index (χ1v) is 9.05. The van der Waals surface area contributed by atoms with E-state index in [1.807, 2.05) is 0 Å². The van der Waals surface area contributed by atoms with Crippen LogP contribution >= 0.6 is 0 Å². The molecule has 2 heterocycles. The Bertz CT molecular complexity index is 307. The Labute approximate surface area is 124 Å². The van der Waals surface area contributed by atoms with E-state index in [2.05, 4.69) is 16.7 Å². The summed E-state index contributed by atoms with van der Waals surface area (Å²) >= 11 is 0. The number of nitrogens with two attached hydrogens (primary N) is 1. The minimum absolute atomic E-state index is 0.751. The molecule has 3 rings (SSSR count). The highest BCUT2D eigenvalue weighted by Crippen LogP contribution is 2.35. The van der Waals surface area contributed by atoms with Crippen LogP contribution in [0.1, 0.15) is 58.3 Å². The first kappa shape index (κ1) is 14.8. The molecule has 2 N–H and O–H groups in total. The van der Waals surface area contributed by atoms with E-state index in [0.717, 1.165) is 30.6 Å². The van der Waals surface area contributed by atoms with Gasteiger partial charge >= 0.3 is 0 Å². The van der Waals surface area contributed by atoms with Gasteiger partial charge in [-0.3, -0.25) is 9.80 Å². The molecule has 1 aliphatic carbocycles. The summed E-state index contributed by atoms with van der Waals surface area (Å²) < 4.78 is 0. The third-order valence-electron chi connectivity index (χ3n) is 6.21. The number of hydrogen-bond donors (Lipinski definition) is 1. The van der Waals surface area contributed by atoms with E-state index in [0.29, 0.717) is 0 Å². The van der Waals surface area contributed by atoms with Crippen LogP contribution in [0.15, 0.2) is 0 Å². The monoisotopic (exact) mass is 279 g/mol. The van der Waals surface area contributed by atoms with Crippen molar-refractivity contribution in [2.75, 3.05) is 26.2 Å². The standard InChI is InChI=1S/C17H33N3/c1-2-20(15-8-4-3-7-14(15)13-18)17-10-12-19-11-6-5-9-16(17)19/h14-17H,2-13,18H2,1H3. The Morgan fingerprint density at radius 2 is 1.75 bits per heavy atom. The van der Waals surface area contributed by atoms with Gasteiger partial charge in [-0.2, -0.15) is 0 Å². The van der Waals surface area contributed by atoms with E-state index in [-0.39, 0.29) is 0 Å². The van der Waals surface area contributed by atoms with Crippen LogP contribution in [-0.4, -0.2) is 54.1 Å². The van der Waals surface area contributed by atoms with Gasteiger partial charge in [0.25, 0.3) is 0 Å². The summed E-state index contributed by atoms with van der Waals surface area (Å²) in [5, 5.41) is 0. The van der Waals surface area contributed by atoms with Crippen LogP contribution in [0.5, 0.6) is 0 Å². The van der Waals surface area contributed by atoms with Crippen LogP contribution < -0.4 is 5.73 Å². The van der Waals surface area contributed by atoms with Gasteiger partial charge in [0.15, 0.2) is 0 Å². The molecule has 4 atom stereocenters. The quantitative estimate of drug-likeness (QED) is 0.858. The summed E-state index contributed by atoms with van der Waals surface area (Å²) in [6.07, 6.45) is 11.3. The third kappa shape index (κ3) is 2.77. The lowest BCUT2D eigenvalue weighted by molar-refractivity contribution is 0.0427. The highest BCUT2D eigenvalue weighted by atomic mass is 15.3. The van der Waals surface area contributed by atoms with Crippen molar-refractivity contribution in [3.8, 4) is 0 Å². The molecule has 2 aliphatic heterocycles. The number of hydrogen-bond acceptors (Lipinski definition) is 3. The van der Waals surface area contributed by atoms with Gasteiger partial charge < -0.3 is 5.73 Å². The number of nitrogens with zero attached hydrogens (tertiary/aromatic N) is 2. The lowest BCUT2D eigenvalue weighted by Gasteiger charge is -2.45. The van der Waals surface area contributed by atoms with Gasteiger partial charge in [0, 0.05) is 24.7 Å². The fraction of sp³-hybridized carbons (Fsp3) is 1.00. The van der Waals surface area contributed by atoms with E-state index in [9.17, 15) is 0 Å². The second-order valence-corrected chi connectivity index (χ2v) is 7.13. The summed E-state index contributed by atoms with van der Waals surface area (Å²) in [5.41, 5.74) is 6.08. The maximum absolute atomic E-state index is 6.08. The van der Waals surface area contributed by atoms with Gasteiger partial charge in [-0.05, 0) is 57.7 Å².